The van der Waals surface area contributed by atoms with Gasteiger partial charge in [0.1, 0.15) is 0 Å². The largest absolute Gasteiger partial charge is 0.324 e. The van der Waals surface area contributed by atoms with Crippen molar-refractivity contribution in [2.24, 2.45) is 0 Å². The molecule has 0 bridgehead atoms. The molecule has 0 fully saturated rings. The minimum atomic E-state index is -3.69. The summed E-state index contributed by atoms with van der Waals surface area (Å²) >= 11 is 0. The number of hydrogen-bond acceptors (Lipinski definition) is 2. The van der Waals surface area contributed by atoms with E-state index in [1.165, 1.54) is 133 Å². The van der Waals surface area contributed by atoms with Crippen molar-refractivity contribution in [3.8, 4) is 0 Å². The van der Waals surface area contributed by atoms with Crippen molar-refractivity contribution < 1.29 is 17.5 Å². The van der Waals surface area contributed by atoms with Crippen molar-refractivity contribution in [1.29, 1.82) is 0 Å². The van der Waals surface area contributed by atoms with Gasteiger partial charge in [-0.3, -0.25) is 4.55 Å². The fraction of sp³-hybridized carbons (Fsp3) is 1.00. The standard InChI is InChI=1S/C24H52N.C4H10O3S/c1-5-9-13-17-21-25(22-18-14-10-6-2,23-19-15-11-7-3)24-20-16-12-8-4;1-2-3-4-8(5,6)7/h5-24H2,1-4H3;2-4H2,1H3,(H,5,6,7)/q+1;. The Labute approximate surface area is 209 Å². The lowest BCUT2D eigenvalue weighted by molar-refractivity contribution is -0.929. The fourth-order valence-electron chi connectivity index (χ4n) is 4.49. The van der Waals surface area contributed by atoms with Crippen LogP contribution in [-0.4, -0.2) is 49.4 Å². The van der Waals surface area contributed by atoms with Crippen LogP contribution in [0.4, 0.5) is 0 Å². The van der Waals surface area contributed by atoms with E-state index in [0.29, 0.717) is 6.42 Å². The first-order valence-electron chi connectivity index (χ1n) is 14.6. The second-order valence-electron chi connectivity index (χ2n) is 10.1. The Morgan fingerprint density at radius 3 is 0.909 bits per heavy atom. The predicted molar refractivity (Wildman–Crippen MR) is 148 cm³/mol. The van der Waals surface area contributed by atoms with Crippen molar-refractivity contribution in [3.05, 3.63) is 0 Å². The minimum Gasteiger partial charge on any atom is -0.324 e. The molecule has 0 saturated carbocycles. The van der Waals surface area contributed by atoms with Crippen molar-refractivity contribution in [3.63, 3.8) is 0 Å². The van der Waals surface area contributed by atoms with E-state index in [0.717, 1.165) is 6.42 Å². The number of rotatable bonds is 23. The molecule has 0 amide bonds. The van der Waals surface area contributed by atoms with Crippen molar-refractivity contribution in [1.82, 2.24) is 0 Å². The Morgan fingerprint density at radius 1 is 0.455 bits per heavy atom. The summed E-state index contributed by atoms with van der Waals surface area (Å²) in [5.74, 6) is -0.108. The SMILES string of the molecule is CCCCCC[N+](CCCCCC)(CCCCCC)CCCCCC.CCCCS(=O)(=O)O. The lowest BCUT2D eigenvalue weighted by atomic mass is 10.1. The lowest BCUT2D eigenvalue weighted by Crippen LogP contribution is -2.50. The van der Waals surface area contributed by atoms with Gasteiger partial charge >= 0.3 is 0 Å². The Kier molecular flexibility index (Phi) is 26.5. The van der Waals surface area contributed by atoms with E-state index < -0.39 is 10.1 Å². The Bertz CT molecular complexity index is 426. The van der Waals surface area contributed by atoms with Gasteiger partial charge in [-0.15, -0.1) is 0 Å². The second-order valence-corrected chi connectivity index (χ2v) is 11.7. The van der Waals surface area contributed by atoms with Gasteiger partial charge in [-0.1, -0.05) is 92.4 Å². The number of nitrogens with zero attached hydrogens (tertiary/aromatic N) is 1. The quantitative estimate of drug-likeness (QED) is 0.0880. The van der Waals surface area contributed by atoms with E-state index in [2.05, 4.69) is 27.7 Å². The maximum absolute atomic E-state index is 9.95. The molecule has 5 heteroatoms. The third-order valence-electron chi connectivity index (χ3n) is 6.70. The summed E-state index contributed by atoms with van der Waals surface area (Å²) in [6, 6.07) is 0. The van der Waals surface area contributed by atoms with Gasteiger partial charge in [0.05, 0.1) is 31.9 Å². The van der Waals surface area contributed by atoms with Gasteiger partial charge < -0.3 is 4.48 Å². The zero-order valence-corrected chi connectivity index (χ0v) is 24.2. The fourth-order valence-corrected chi connectivity index (χ4v) is 5.15. The normalized spacial score (nSPS) is 11.9. The summed E-state index contributed by atoms with van der Waals surface area (Å²) in [4.78, 5) is 0. The highest BCUT2D eigenvalue weighted by atomic mass is 32.2. The summed E-state index contributed by atoms with van der Waals surface area (Å²) in [7, 11) is -3.69. The predicted octanol–water partition coefficient (Wildman–Crippen LogP) is 8.80. The summed E-state index contributed by atoms with van der Waals surface area (Å²) in [6.07, 6.45) is 24.2. The second kappa shape index (κ2) is 25.0. The highest BCUT2D eigenvalue weighted by Crippen LogP contribution is 2.19. The third-order valence-corrected chi connectivity index (χ3v) is 7.50. The first-order chi connectivity index (χ1) is 15.8. The monoisotopic (exact) mass is 492 g/mol. The van der Waals surface area contributed by atoms with Crippen LogP contribution >= 0.6 is 0 Å². The Morgan fingerprint density at radius 2 is 0.727 bits per heavy atom. The van der Waals surface area contributed by atoms with Gasteiger partial charge in [-0.25, -0.2) is 0 Å². The van der Waals surface area contributed by atoms with Crippen LogP contribution in [0.25, 0.3) is 0 Å². The highest BCUT2D eigenvalue weighted by molar-refractivity contribution is 7.85. The van der Waals surface area contributed by atoms with Crippen LogP contribution in [0.5, 0.6) is 0 Å². The van der Waals surface area contributed by atoms with Crippen molar-refractivity contribution in [2.45, 2.75) is 150 Å². The molecule has 0 radical (unpaired) electrons. The van der Waals surface area contributed by atoms with Gasteiger partial charge in [0.2, 0.25) is 0 Å². The van der Waals surface area contributed by atoms with Gasteiger partial charge in [-0.2, -0.15) is 8.42 Å². The molecule has 0 heterocycles. The molecular weight excluding hydrogens is 430 g/mol. The molecule has 0 atom stereocenters. The number of hydrogen-bond donors (Lipinski definition) is 1. The van der Waals surface area contributed by atoms with E-state index in [-0.39, 0.29) is 5.75 Å². The zero-order chi connectivity index (χ0) is 25.3. The van der Waals surface area contributed by atoms with Gasteiger partial charge in [0.15, 0.2) is 0 Å². The van der Waals surface area contributed by atoms with Crippen LogP contribution < -0.4 is 0 Å². The van der Waals surface area contributed by atoms with Crippen LogP contribution in [0.1, 0.15) is 150 Å². The molecule has 0 spiro atoms. The summed E-state index contributed by atoms with van der Waals surface area (Å²) in [5, 5.41) is 0. The Balaban J connectivity index is 0. The molecule has 0 rings (SSSR count). The third kappa shape index (κ3) is 26.3. The zero-order valence-electron chi connectivity index (χ0n) is 23.4. The van der Waals surface area contributed by atoms with Crippen molar-refractivity contribution in [2.75, 3.05) is 31.9 Å². The van der Waals surface area contributed by atoms with Crippen molar-refractivity contribution >= 4 is 10.1 Å². The molecule has 0 aromatic rings. The summed E-state index contributed by atoms with van der Waals surface area (Å²) in [6.45, 7) is 17.1. The van der Waals surface area contributed by atoms with E-state index in [1.54, 1.807) is 0 Å². The molecule has 0 aromatic heterocycles. The highest BCUT2D eigenvalue weighted by Gasteiger charge is 2.25. The first-order valence-corrected chi connectivity index (χ1v) is 16.2. The minimum absolute atomic E-state index is 0.108. The molecule has 202 valence electrons. The van der Waals surface area contributed by atoms with E-state index >= 15 is 0 Å². The Hall–Kier alpha value is -0.130. The average Bonchev–Trinajstić information content (AvgIpc) is 2.78. The maximum Gasteiger partial charge on any atom is 0.264 e. The molecule has 4 nitrogen and oxygen atoms in total. The molecule has 0 aliphatic carbocycles. The molecule has 0 unspecified atom stereocenters. The molecular formula is C28H62NO3S+. The van der Waals surface area contributed by atoms with Crippen LogP contribution in [0.2, 0.25) is 0 Å². The summed E-state index contributed by atoms with van der Waals surface area (Å²) < 4.78 is 29.5. The smallest absolute Gasteiger partial charge is 0.264 e. The number of unbranched alkanes of at least 4 members (excludes halogenated alkanes) is 13. The topological polar surface area (TPSA) is 54.4 Å². The molecule has 0 saturated heterocycles. The first kappa shape index (κ1) is 35.0. The summed E-state index contributed by atoms with van der Waals surface area (Å²) in [5.41, 5.74) is 0. The molecule has 0 aromatic carbocycles. The number of quaternary nitrogens is 1. The van der Waals surface area contributed by atoms with Gasteiger partial charge in [-0.05, 0) is 57.8 Å². The molecule has 1 N–H and O–H groups in total. The molecule has 33 heavy (non-hydrogen) atoms. The van der Waals surface area contributed by atoms with Crippen LogP contribution in [0.3, 0.4) is 0 Å². The molecule has 0 aliphatic heterocycles. The molecule has 0 aliphatic rings. The van der Waals surface area contributed by atoms with E-state index in [4.69, 9.17) is 4.55 Å². The lowest BCUT2D eigenvalue weighted by Gasteiger charge is -2.39. The van der Waals surface area contributed by atoms with Gasteiger partial charge in [0.25, 0.3) is 10.1 Å². The average molecular weight is 493 g/mol. The van der Waals surface area contributed by atoms with Crippen LogP contribution in [0, 0.1) is 0 Å². The maximum atomic E-state index is 9.95. The van der Waals surface area contributed by atoms with E-state index in [1.807, 2.05) is 6.92 Å². The van der Waals surface area contributed by atoms with Crippen LogP contribution in [0.15, 0.2) is 0 Å². The van der Waals surface area contributed by atoms with Crippen LogP contribution in [-0.2, 0) is 10.1 Å². The van der Waals surface area contributed by atoms with Gasteiger partial charge in [0, 0.05) is 0 Å². The van der Waals surface area contributed by atoms with E-state index in [9.17, 15) is 8.42 Å².